The summed E-state index contributed by atoms with van der Waals surface area (Å²) in [6.07, 6.45) is 0.694. The van der Waals surface area contributed by atoms with Crippen molar-refractivity contribution in [1.29, 1.82) is 0 Å². The number of nitro benzene ring substituents is 1. The number of hydrogen-bond donors (Lipinski definition) is 1. The molecule has 3 rings (SSSR count). The third kappa shape index (κ3) is 4.06. The van der Waals surface area contributed by atoms with Crippen molar-refractivity contribution in [3.8, 4) is 11.5 Å². The molecule has 1 amide bonds. The van der Waals surface area contributed by atoms with Crippen LogP contribution in [0.15, 0.2) is 42.5 Å². The lowest BCUT2D eigenvalue weighted by molar-refractivity contribution is -0.384. The van der Waals surface area contributed by atoms with Gasteiger partial charge in [0.05, 0.1) is 17.6 Å². The molecule has 0 aliphatic carbocycles. The normalized spacial score (nSPS) is 15.6. The highest BCUT2D eigenvalue weighted by molar-refractivity contribution is 5.78. The predicted molar refractivity (Wildman–Crippen MR) is 90.8 cm³/mol. The molecule has 7 nitrogen and oxygen atoms in total. The van der Waals surface area contributed by atoms with Crippen LogP contribution in [0, 0.1) is 17.0 Å². The standard InChI is InChI=1S/C18H18N2O5/c1-12-2-7-17-15(10-12)16(8-9-24-17)19-18(21)11-25-14-5-3-13(4-6-14)20(22)23/h2-7,10,16H,8-9,11H2,1H3,(H,19,21). The smallest absolute Gasteiger partial charge is 0.269 e. The van der Waals surface area contributed by atoms with Crippen LogP contribution in [0.4, 0.5) is 5.69 Å². The highest BCUT2D eigenvalue weighted by Gasteiger charge is 2.23. The number of nitrogens with zero attached hydrogens (tertiary/aromatic N) is 1. The summed E-state index contributed by atoms with van der Waals surface area (Å²) < 4.78 is 11.0. The number of benzene rings is 2. The Kier molecular flexibility index (Phi) is 4.83. The molecule has 130 valence electrons. The summed E-state index contributed by atoms with van der Waals surface area (Å²) in [7, 11) is 0. The number of hydrogen-bond acceptors (Lipinski definition) is 5. The molecule has 0 saturated carbocycles. The average Bonchev–Trinajstić information content (AvgIpc) is 2.61. The van der Waals surface area contributed by atoms with Gasteiger partial charge < -0.3 is 14.8 Å². The number of carbonyl (C=O) groups is 1. The zero-order valence-electron chi connectivity index (χ0n) is 13.7. The van der Waals surface area contributed by atoms with Gasteiger partial charge in [0.1, 0.15) is 11.5 Å². The lowest BCUT2D eigenvalue weighted by Crippen LogP contribution is -2.35. The average molecular weight is 342 g/mol. The van der Waals surface area contributed by atoms with Gasteiger partial charge in [-0.25, -0.2) is 0 Å². The lowest BCUT2D eigenvalue weighted by Gasteiger charge is -2.27. The Bertz CT molecular complexity index is 789. The van der Waals surface area contributed by atoms with Crippen LogP contribution in [0.1, 0.15) is 23.6 Å². The van der Waals surface area contributed by atoms with E-state index in [2.05, 4.69) is 5.32 Å². The summed E-state index contributed by atoms with van der Waals surface area (Å²) in [5, 5.41) is 13.6. The molecule has 1 heterocycles. The maximum atomic E-state index is 12.2. The maximum absolute atomic E-state index is 12.2. The number of fused-ring (bicyclic) bond motifs is 1. The van der Waals surface area contributed by atoms with Crippen molar-refractivity contribution in [1.82, 2.24) is 5.32 Å². The van der Waals surface area contributed by atoms with Crippen LogP contribution in [0.3, 0.4) is 0 Å². The van der Waals surface area contributed by atoms with Gasteiger partial charge in [-0.1, -0.05) is 17.7 Å². The summed E-state index contributed by atoms with van der Waals surface area (Å²) in [5.41, 5.74) is 2.05. The van der Waals surface area contributed by atoms with E-state index in [1.54, 1.807) is 0 Å². The fourth-order valence-corrected chi connectivity index (χ4v) is 2.71. The molecule has 1 aliphatic heterocycles. The number of nitro groups is 1. The van der Waals surface area contributed by atoms with Crippen molar-refractivity contribution in [2.24, 2.45) is 0 Å². The molecule has 1 N–H and O–H groups in total. The summed E-state index contributed by atoms with van der Waals surface area (Å²) in [6.45, 7) is 2.38. The van der Waals surface area contributed by atoms with Crippen LogP contribution in [0.25, 0.3) is 0 Å². The minimum atomic E-state index is -0.485. The van der Waals surface area contributed by atoms with E-state index in [1.165, 1.54) is 24.3 Å². The van der Waals surface area contributed by atoms with Gasteiger partial charge in [-0.05, 0) is 25.1 Å². The first kappa shape index (κ1) is 16.8. The minimum absolute atomic E-state index is 0.0222. The number of rotatable bonds is 5. The van der Waals surface area contributed by atoms with E-state index >= 15 is 0 Å². The van der Waals surface area contributed by atoms with Crippen molar-refractivity contribution in [3.05, 3.63) is 63.7 Å². The second kappa shape index (κ2) is 7.21. The molecule has 0 aromatic heterocycles. The van der Waals surface area contributed by atoms with Gasteiger partial charge in [0, 0.05) is 24.1 Å². The van der Waals surface area contributed by atoms with Crippen LogP contribution >= 0.6 is 0 Å². The quantitative estimate of drug-likeness (QED) is 0.666. The fraction of sp³-hybridized carbons (Fsp3) is 0.278. The minimum Gasteiger partial charge on any atom is -0.493 e. The van der Waals surface area contributed by atoms with E-state index in [9.17, 15) is 14.9 Å². The van der Waals surface area contributed by atoms with Crippen LogP contribution in [-0.4, -0.2) is 24.0 Å². The summed E-state index contributed by atoms with van der Waals surface area (Å²) in [5.74, 6) is 0.945. The van der Waals surface area contributed by atoms with E-state index in [-0.39, 0.29) is 24.2 Å². The van der Waals surface area contributed by atoms with Crippen molar-refractivity contribution in [3.63, 3.8) is 0 Å². The number of nitrogens with one attached hydrogen (secondary N) is 1. The molecule has 7 heteroatoms. The van der Waals surface area contributed by atoms with E-state index in [4.69, 9.17) is 9.47 Å². The second-order valence-corrected chi connectivity index (χ2v) is 5.84. The van der Waals surface area contributed by atoms with Gasteiger partial charge in [0.15, 0.2) is 6.61 Å². The van der Waals surface area contributed by atoms with E-state index in [0.29, 0.717) is 18.8 Å². The molecular weight excluding hydrogens is 324 g/mol. The van der Waals surface area contributed by atoms with Crippen molar-refractivity contribution >= 4 is 11.6 Å². The van der Waals surface area contributed by atoms with Crippen molar-refractivity contribution < 1.29 is 19.2 Å². The molecular formula is C18H18N2O5. The van der Waals surface area contributed by atoms with Gasteiger partial charge in [0.25, 0.3) is 11.6 Å². The van der Waals surface area contributed by atoms with Crippen LogP contribution in [0.2, 0.25) is 0 Å². The highest BCUT2D eigenvalue weighted by Crippen LogP contribution is 2.32. The zero-order valence-corrected chi connectivity index (χ0v) is 13.7. The van der Waals surface area contributed by atoms with E-state index in [0.717, 1.165) is 16.9 Å². The van der Waals surface area contributed by atoms with E-state index < -0.39 is 4.92 Å². The Morgan fingerprint density at radius 2 is 2.08 bits per heavy atom. The third-order valence-corrected chi connectivity index (χ3v) is 3.96. The van der Waals surface area contributed by atoms with Gasteiger partial charge in [-0.2, -0.15) is 0 Å². The number of ether oxygens (including phenoxy) is 2. The molecule has 1 aliphatic rings. The molecule has 0 saturated heterocycles. The molecule has 2 aromatic carbocycles. The van der Waals surface area contributed by atoms with Gasteiger partial charge in [0.2, 0.25) is 0 Å². The summed E-state index contributed by atoms with van der Waals surface area (Å²) in [4.78, 5) is 22.3. The Labute approximate surface area is 144 Å². The molecule has 0 spiro atoms. The summed E-state index contributed by atoms with van der Waals surface area (Å²) >= 11 is 0. The number of carbonyl (C=O) groups excluding carboxylic acids is 1. The molecule has 2 aromatic rings. The predicted octanol–water partition coefficient (Wildman–Crippen LogP) is 2.92. The molecule has 0 radical (unpaired) electrons. The largest absolute Gasteiger partial charge is 0.493 e. The molecule has 1 unspecified atom stereocenters. The first-order valence-corrected chi connectivity index (χ1v) is 7.93. The monoisotopic (exact) mass is 342 g/mol. The fourth-order valence-electron chi connectivity index (χ4n) is 2.71. The molecule has 0 fully saturated rings. The Morgan fingerprint density at radius 3 is 2.80 bits per heavy atom. The van der Waals surface area contributed by atoms with Crippen LogP contribution in [-0.2, 0) is 4.79 Å². The third-order valence-electron chi connectivity index (χ3n) is 3.96. The Balaban J connectivity index is 1.58. The second-order valence-electron chi connectivity index (χ2n) is 5.84. The van der Waals surface area contributed by atoms with Gasteiger partial charge in [-0.15, -0.1) is 0 Å². The van der Waals surface area contributed by atoms with Crippen LogP contribution in [0.5, 0.6) is 11.5 Å². The number of aryl methyl sites for hydroxylation is 1. The zero-order chi connectivity index (χ0) is 17.8. The van der Waals surface area contributed by atoms with Crippen molar-refractivity contribution in [2.75, 3.05) is 13.2 Å². The maximum Gasteiger partial charge on any atom is 0.269 e. The van der Waals surface area contributed by atoms with E-state index in [1.807, 2.05) is 25.1 Å². The number of amides is 1. The van der Waals surface area contributed by atoms with Gasteiger partial charge >= 0.3 is 0 Å². The lowest BCUT2D eigenvalue weighted by atomic mass is 9.98. The topological polar surface area (TPSA) is 90.7 Å². The van der Waals surface area contributed by atoms with Crippen LogP contribution < -0.4 is 14.8 Å². The first-order valence-electron chi connectivity index (χ1n) is 7.93. The van der Waals surface area contributed by atoms with Crippen molar-refractivity contribution in [2.45, 2.75) is 19.4 Å². The number of non-ortho nitro benzene ring substituents is 1. The Morgan fingerprint density at radius 1 is 1.32 bits per heavy atom. The molecule has 25 heavy (non-hydrogen) atoms. The Hall–Kier alpha value is -3.09. The highest BCUT2D eigenvalue weighted by atomic mass is 16.6. The molecule has 1 atom stereocenters. The first-order chi connectivity index (χ1) is 12.0. The SMILES string of the molecule is Cc1ccc2c(c1)C(NC(=O)COc1ccc([N+](=O)[O-])cc1)CCO2. The van der Waals surface area contributed by atoms with Gasteiger partial charge in [-0.3, -0.25) is 14.9 Å². The summed E-state index contributed by atoms with van der Waals surface area (Å²) in [6, 6.07) is 11.4. The molecule has 0 bridgehead atoms.